The third-order valence-electron chi connectivity index (χ3n) is 3.02. The van der Waals surface area contributed by atoms with Crippen LogP contribution in [-0.2, 0) is 12.8 Å². The van der Waals surface area contributed by atoms with Crippen LogP contribution in [0.25, 0.3) is 5.69 Å². The van der Waals surface area contributed by atoms with E-state index in [0.717, 1.165) is 29.9 Å². The zero-order chi connectivity index (χ0) is 14.0. The van der Waals surface area contributed by atoms with Gasteiger partial charge in [-0.1, -0.05) is 19.9 Å². The lowest BCUT2D eigenvalue weighted by atomic mass is 10.1. The van der Waals surface area contributed by atoms with E-state index < -0.39 is 5.91 Å². The van der Waals surface area contributed by atoms with Gasteiger partial charge in [-0.2, -0.15) is 5.10 Å². The fraction of sp³-hybridized carbons (Fsp3) is 0.286. The lowest BCUT2D eigenvalue weighted by Gasteiger charge is -2.11. The number of aryl methyl sites for hydroxylation is 2. The molecule has 0 radical (unpaired) electrons. The number of rotatable bonds is 4. The Kier molecular flexibility index (Phi) is 4.04. The van der Waals surface area contributed by atoms with Gasteiger partial charge in [-0.25, -0.2) is 4.68 Å². The van der Waals surface area contributed by atoms with Crippen LogP contribution in [-0.4, -0.2) is 15.7 Å². The lowest BCUT2D eigenvalue weighted by Crippen LogP contribution is -2.17. The summed E-state index contributed by atoms with van der Waals surface area (Å²) in [5, 5.41) is 4.54. The molecule has 2 N–H and O–H groups in total. The van der Waals surface area contributed by atoms with Gasteiger partial charge in [-0.05, 0) is 47.0 Å². The molecule has 2 aromatic rings. The number of benzene rings is 1. The maximum Gasteiger partial charge on any atom is 0.252 e. The van der Waals surface area contributed by atoms with Crippen LogP contribution < -0.4 is 5.73 Å². The van der Waals surface area contributed by atoms with Gasteiger partial charge in [0.1, 0.15) is 0 Å². The Morgan fingerprint density at radius 2 is 2.11 bits per heavy atom. The Morgan fingerprint density at radius 1 is 1.37 bits per heavy atom. The maximum atomic E-state index is 11.6. The van der Waals surface area contributed by atoms with Crippen LogP contribution in [0, 0.1) is 0 Å². The van der Waals surface area contributed by atoms with Crippen molar-refractivity contribution in [3.63, 3.8) is 0 Å². The number of hydrogen-bond donors (Lipinski definition) is 1. The first kappa shape index (κ1) is 13.8. The molecule has 1 aromatic heterocycles. The van der Waals surface area contributed by atoms with Crippen molar-refractivity contribution in [2.24, 2.45) is 5.73 Å². The van der Waals surface area contributed by atoms with Crippen molar-refractivity contribution in [2.45, 2.75) is 26.7 Å². The van der Waals surface area contributed by atoms with Crippen LogP contribution in [0.15, 0.2) is 28.7 Å². The summed E-state index contributed by atoms with van der Waals surface area (Å²) < 4.78 is 2.50. The molecular formula is C14H16BrN3O. The predicted molar refractivity (Wildman–Crippen MR) is 78.5 cm³/mol. The van der Waals surface area contributed by atoms with Gasteiger partial charge in [0.05, 0.1) is 16.9 Å². The molecule has 1 heterocycles. The Balaban J connectivity index is 2.68. The molecule has 0 saturated carbocycles. The summed E-state index contributed by atoms with van der Waals surface area (Å²) in [5.41, 5.74) is 8.73. The van der Waals surface area contributed by atoms with Crippen molar-refractivity contribution in [2.75, 3.05) is 0 Å². The molecule has 4 nitrogen and oxygen atoms in total. The summed E-state index contributed by atoms with van der Waals surface area (Å²) in [6.45, 7) is 4.12. The highest BCUT2D eigenvalue weighted by molar-refractivity contribution is 9.10. The molecule has 100 valence electrons. The second kappa shape index (κ2) is 5.57. The highest BCUT2D eigenvalue weighted by Gasteiger charge is 2.16. The van der Waals surface area contributed by atoms with E-state index in [1.54, 1.807) is 6.07 Å². The second-order valence-corrected chi connectivity index (χ2v) is 5.10. The van der Waals surface area contributed by atoms with Gasteiger partial charge >= 0.3 is 0 Å². The lowest BCUT2D eigenvalue weighted by molar-refractivity contribution is 0.0999. The number of hydrogen-bond acceptors (Lipinski definition) is 2. The Bertz CT molecular complexity index is 619. The van der Waals surface area contributed by atoms with Gasteiger partial charge in [-0.3, -0.25) is 4.79 Å². The highest BCUT2D eigenvalue weighted by atomic mass is 79.9. The number of carbonyl (C=O) groups is 1. The van der Waals surface area contributed by atoms with Gasteiger partial charge in [0.15, 0.2) is 0 Å². The first-order valence-electron chi connectivity index (χ1n) is 6.25. The average molecular weight is 322 g/mol. The van der Waals surface area contributed by atoms with Crippen LogP contribution in [0.2, 0.25) is 0 Å². The van der Waals surface area contributed by atoms with Crippen LogP contribution in [0.4, 0.5) is 0 Å². The van der Waals surface area contributed by atoms with E-state index in [2.05, 4.69) is 40.9 Å². The molecule has 2 rings (SSSR count). The molecule has 5 heteroatoms. The summed E-state index contributed by atoms with van der Waals surface area (Å²) in [6.07, 6.45) is 1.71. The maximum absolute atomic E-state index is 11.6. The van der Waals surface area contributed by atoms with E-state index in [4.69, 9.17) is 5.73 Å². The highest BCUT2D eigenvalue weighted by Crippen LogP contribution is 2.24. The molecular weight excluding hydrogens is 306 g/mol. The third-order valence-corrected chi connectivity index (χ3v) is 3.69. The molecule has 1 aromatic carbocycles. The SMILES string of the molecule is CCc1cc(CC)n(-c2cccc(Br)c2C(N)=O)n1. The molecule has 0 unspecified atom stereocenters. The molecule has 1 amide bonds. The van der Waals surface area contributed by atoms with Crippen LogP contribution >= 0.6 is 15.9 Å². The molecule has 0 fully saturated rings. The van der Waals surface area contributed by atoms with Crippen molar-refractivity contribution in [1.82, 2.24) is 9.78 Å². The van der Waals surface area contributed by atoms with E-state index >= 15 is 0 Å². The standard InChI is InChI=1S/C14H16BrN3O/c1-3-9-8-10(4-2)18(17-9)12-7-5-6-11(15)13(12)14(16)19/h5-8H,3-4H2,1-2H3,(H2,16,19). The molecule has 0 aliphatic heterocycles. The van der Waals surface area contributed by atoms with Gasteiger partial charge in [-0.15, -0.1) is 0 Å². The van der Waals surface area contributed by atoms with E-state index in [9.17, 15) is 4.79 Å². The normalized spacial score (nSPS) is 10.7. The zero-order valence-corrected chi connectivity index (χ0v) is 12.6. The van der Waals surface area contributed by atoms with Crippen molar-refractivity contribution in [3.05, 3.63) is 45.7 Å². The second-order valence-electron chi connectivity index (χ2n) is 4.24. The summed E-state index contributed by atoms with van der Waals surface area (Å²) in [5.74, 6) is -0.460. The summed E-state index contributed by atoms with van der Waals surface area (Å²) >= 11 is 3.37. The minimum absolute atomic E-state index is 0.460. The molecule has 19 heavy (non-hydrogen) atoms. The van der Waals surface area contributed by atoms with E-state index in [1.165, 1.54) is 0 Å². The van der Waals surface area contributed by atoms with Gasteiger partial charge in [0, 0.05) is 10.2 Å². The summed E-state index contributed by atoms with van der Waals surface area (Å²) in [7, 11) is 0. The van der Waals surface area contributed by atoms with Crippen molar-refractivity contribution in [1.29, 1.82) is 0 Å². The quantitative estimate of drug-likeness (QED) is 0.941. The van der Waals surface area contributed by atoms with E-state index in [1.807, 2.05) is 16.8 Å². The Morgan fingerprint density at radius 3 is 2.68 bits per heavy atom. The number of amides is 1. The third kappa shape index (κ3) is 2.56. The molecule has 0 spiro atoms. The van der Waals surface area contributed by atoms with E-state index in [-0.39, 0.29) is 0 Å². The molecule has 0 aliphatic rings. The monoisotopic (exact) mass is 321 g/mol. The minimum Gasteiger partial charge on any atom is -0.365 e. The predicted octanol–water partition coefficient (Wildman–Crippen LogP) is 2.86. The first-order chi connectivity index (χ1) is 9.08. The smallest absolute Gasteiger partial charge is 0.252 e. The average Bonchev–Trinajstić information content (AvgIpc) is 2.81. The van der Waals surface area contributed by atoms with Gasteiger partial charge in [0.25, 0.3) is 5.91 Å². The number of halogens is 1. The van der Waals surface area contributed by atoms with Crippen LogP contribution in [0.1, 0.15) is 35.6 Å². The topological polar surface area (TPSA) is 60.9 Å². The number of carbonyl (C=O) groups excluding carboxylic acids is 1. The summed E-state index contributed by atoms with van der Waals surface area (Å²) in [6, 6.07) is 7.60. The first-order valence-corrected chi connectivity index (χ1v) is 7.04. The Labute approximate surface area is 120 Å². The molecule has 0 bridgehead atoms. The van der Waals surface area contributed by atoms with Gasteiger partial charge < -0.3 is 5.73 Å². The zero-order valence-electron chi connectivity index (χ0n) is 11.0. The summed E-state index contributed by atoms with van der Waals surface area (Å²) in [4.78, 5) is 11.6. The number of nitrogens with two attached hydrogens (primary N) is 1. The Hall–Kier alpha value is -1.62. The van der Waals surface area contributed by atoms with Gasteiger partial charge in [0.2, 0.25) is 0 Å². The fourth-order valence-electron chi connectivity index (χ4n) is 2.04. The fourth-order valence-corrected chi connectivity index (χ4v) is 2.59. The van der Waals surface area contributed by atoms with Crippen molar-refractivity contribution in [3.8, 4) is 5.69 Å². The minimum atomic E-state index is -0.460. The van der Waals surface area contributed by atoms with Crippen LogP contribution in [0.3, 0.4) is 0 Å². The largest absolute Gasteiger partial charge is 0.365 e. The number of primary amides is 1. The molecule has 0 saturated heterocycles. The van der Waals surface area contributed by atoms with Crippen molar-refractivity contribution < 1.29 is 4.79 Å². The molecule has 0 atom stereocenters. The van der Waals surface area contributed by atoms with Crippen molar-refractivity contribution >= 4 is 21.8 Å². The van der Waals surface area contributed by atoms with E-state index in [0.29, 0.717) is 10.0 Å². The molecule has 0 aliphatic carbocycles. The number of nitrogens with zero attached hydrogens (tertiary/aromatic N) is 2. The number of aromatic nitrogens is 2. The van der Waals surface area contributed by atoms with Crippen LogP contribution in [0.5, 0.6) is 0 Å².